The van der Waals surface area contributed by atoms with Gasteiger partial charge in [0.05, 0.1) is 7.11 Å². The van der Waals surface area contributed by atoms with Crippen LogP contribution >= 0.6 is 24.0 Å². The summed E-state index contributed by atoms with van der Waals surface area (Å²) in [5.74, 6) is 1.71. The summed E-state index contributed by atoms with van der Waals surface area (Å²) in [6.45, 7) is 3.69. The zero-order valence-electron chi connectivity index (χ0n) is 15.2. The van der Waals surface area contributed by atoms with E-state index in [0.29, 0.717) is 0 Å². The monoisotopic (exact) mass is 453 g/mol. The standard InChI is InChI=1S/C20H27N3O.HI/c1-16-12-18(14-19(13-16)24-3)15-23-20(21-2)22-11-7-10-17-8-5-4-6-9-17;/h4-6,8-9,12-14H,7,10-11,15H2,1-3H3,(H2,21,22,23);1H. The van der Waals surface area contributed by atoms with Gasteiger partial charge in [-0.25, -0.2) is 0 Å². The summed E-state index contributed by atoms with van der Waals surface area (Å²) in [7, 11) is 3.49. The first kappa shape index (κ1) is 21.3. The number of ether oxygens (including phenoxy) is 1. The average molecular weight is 453 g/mol. The quantitative estimate of drug-likeness (QED) is 0.289. The van der Waals surface area contributed by atoms with E-state index in [4.69, 9.17) is 4.74 Å². The number of nitrogens with one attached hydrogen (secondary N) is 2. The number of aryl methyl sites for hydroxylation is 2. The molecule has 0 radical (unpaired) electrons. The molecule has 0 atom stereocenters. The largest absolute Gasteiger partial charge is 0.497 e. The summed E-state index contributed by atoms with van der Waals surface area (Å²) >= 11 is 0. The van der Waals surface area contributed by atoms with Gasteiger partial charge in [-0.2, -0.15) is 0 Å². The molecule has 5 heteroatoms. The van der Waals surface area contributed by atoms with E-state index in [2.05, 4.69) is 52.9 Å². The van der Waals surface area contributed by atoms with E-state index in [0.717, 1.165) is 37.6 Å². The van der Waals surface area contributed by atoms with Crippen molar-refractivity contribution >= 4 is 29.9 Å². The van der Waals surface area contributed by atoms with Crippen LogP contribution in [-0.2, 0) is 13.0 Å². The zero-order chi connectivity index (χ0) is 17.2. The molecular formula is C20H28IN3O. The molecule has 0 aromatic heterocycles. The number of nitrogens with zero attached hydrogens (tertiary/aromatic N) is 1. The minimum absolute atomic E-state index is 0. The van der Waals surface area contributed by atoms with Crippen LogP contribution < -0.4 is 15.4 Å². The van der Waals surface area contributed by atoms with E-state index in [9.17, 15) is 0 Å². The van der Waals surface area contributed by atoms with Gasteiger partial charge >= 0.3 is 0 Å². The zero-order valence-corrected chi connectivity index (χ0v) is 17.5. The Morgan fingerprint density at radius 2 is 1.80 bits per heavy atom. The maximum atomic E-state index is 5.32. The number of methoxy groups -OCH3 is 1. The predicted molar refractivity (Wildman–Crippen MR) is 116 cm³/mol. The van der Waals surface area contributed by atoms with Crippen LogP contribution in [0.2, 0.25) is 0 Å². The van der Waals surface area contributed by atoms with Gasteiger partial charge in [-0.3, -0.25) is 4.99 Å². The molecule has 2 aromatic carbocycles. The number of halogens is 1. The van der Waals surface area contributed by atoms with Gasteiger partial charge in [-0.1, -0.05) is 36.4 Å². The summed E-state index contributed by atoms with van der Waals surface area (Å²) in [5, 5.41) is 6.71. The van der Waals surface area contributed by atoms with Crippen LogP contribution in [0.4, 0.5) is 0 Å². The fourth-order valence-corrected chi connectivity index (χ4v) is 2.59. The van der Waals surface area contributed by atoms with Crippen LogP contribution in [0.15, 0.2) is 53.5 Å². The van der Waals surface area contributed by atoms with Gasteiger partial charge in [-0.05, 0) is 48.6 Å². The number of guanidine groups is 1. The third-order valence-electron chi connectivity index (χ3n) is 3.81. The topological polar surface area (TPSA) is 45.7 Å². The van der Waals surface area contributed by atoms with Gasteiger partial charge < -0.3 is 15.4 Å². The van der Waals surface area contributed by atoms with Crippen molar-refractivity contribution in [1.29, 1.82) is 0 Å². The molecule has 0 spiro atoms. The second kappa shape index (κ2) is 11.7. The Hall–Kier alpha value is -1.76. The van der Waals surface area contributed by atoms with Crippen molar-refractivity contribution in [2.75, 3.05) is 20.7 Å². The predicted octanol–water partition coefficient (Wildman–Crippen LogP) is 3.92. The summed E-state index contributed by atoms with van der Waals surface area (Å²) < 4.78 is 5.32. The molecule has 0 aliphatic carbocycles. The van der Waals surface area contributed by atoms with E-state index in [1.54, 1.807) is 14.2 Å². The van der Waals surface area contributed by atoms with Crippen LogP contribution in [0.5, 0.6) is 5.75 Å². The molecule has 2 N–H and O–H groups in total. The highest BCUT2D eigenvalue weighted by Gasteiger charge is 2.01. The number of benzene rings is 2. The van der Waals surface area contributed by atoms with Crippen LogP contribution in [0, 0.1) is 6.92 Å². The number of aliphatic imine (C=N–C) groups is 1. The second-order valence-corrected chi connectivity index (χ2v) is 5.80. The highest BCUT2D eigenvalue weighted by molar-refractivity contribution is 14.0. The lowest BCUT2D eigenvalue weighted by Crippen LogP contribution is -2.37. The molecule has 0 amide bonds. The minimum atomic E-state index is 0. The third kappa shape index (κ3) is 7.77. The third-order valence-corrected chi connectivity index (χ3v) is 3.81. The Balaban J connectivity index is 0.00000312. The average Bonchev–Trinajstić information content (AvgIpc) is 2.61. The highest BCUT2D eigenvalue weighted by Crippen LogP contribution is 2.16. The smallest absolute Gasteiger partial charge is 0.191 e. The maximum Gasteiger partial charge on any atom is 0.191 e. The van der Waals surface area contributed by atoms with Crippen molar-refractivity contribution in [3.05, 3.63) is 65.2 Å². The molecule has 0 aliphatic heterocycles. The Kier molecular flexibility index (Phi) is 9.99. The van der Waals surface area contributed by atoms with Crippen molar-refractivity contribution in [3.8, 4) is 5.75 Å². The van der Waals surface area contributed by atoms with E-state index in [1.165, 1.54) is 16.7 Å². The van der Waals surface area contributed by atoms with Crippen LogP contribution in [-0.4, -0.2) is 26.7 Å². The highest BCUT2D eigenvalue weighted by atomic mass is 127. The Bertz CT molecular complexity index is 659. The second-order valence-electron chi connectivity index (χ2n) is 5.80. The first-order valence-electron chi connectivity index (χ1n) is 8.34. The normalized spacial score (nSPS) is 10.8. The van der Waals surface area contributed by atoms with Crippen LogP contribution in [0.25, 0.3) is 0 Å². The van der Waals surface area contributed by atoms with Gasteiger partial charge in [0.25, 0.3) is 0 Å². The van der Waals surface area contributed by atoms with E-state index in [1.807, 2.05) is 18.2 Å². The van der Waals surface area contributed by atoms with Crippen molar-refractivity contribution in [3.63, 3.8) is 0 Å². The molecule has 2 aromatic rings. The molecule has 0 bridgehead atoms. The lowest BCUT2D eigenvalue weighted by atomic mass is 10.1. The van der Waals surface area contributed by atoms with Crippen molar-refractivity contribution in [2.45, 2.75) is 26.3 Å². The minimum Gasteiger partial charge on any atom is -0.497 e. The molecular weight excluding hydrogens is 425 g/mol. The van der Waals surface area contributed by atoms with Gasteiger partial charge in [0, 0.05) is 20.1 Å². The fourth-order valence-electron chi connectivity index (χ4n) is 2.59. The lowest BCUT2D eigenvalue weighted by Gasteiger charge is -2.13. The van der Waals surface area contributed by atoms with E-state index in [-0.39, 0.29) is 24.0 Å². The molecule has 4 nitrogen and oxygen atoms in total. The van der Waals surface area contributed by atoms with Gasteiger partial charge in [0.1, 0.15) is 5.75 Å². The van der Waals surface area contributed by atoms with E-state index < -0.39 is 0 Å². The van der Waals surface area contributed by atoms with Gasteiger partial charge in [-0.15, -0.1) is 24.0 Å². The summed E-state index contributed by atoms with van der Waals surface area (Å²) in [6.07, 6.45) is 2.14. The Morgan fingerprint density at radius 1 is 1.04 bits per heavy atom. The Morgan fingerprint density at radius 3 is 2.48 bits per heavy atom. The summed E-state index contributed by atoms with van der Waals surface area (Å²) in [5.41, 5.74) is 3.74. The van der Waals surface area contributed by atoms with E-state index >= 15 is 0 Å². The van der Waals surface area contributed by atoms with Crippen LogP contribution in [0.3, 0.4) is 0 Å². The summed E-state index contributed by atoms with van der Waals surface area (Å²) in [6, 6.07) is 16.8. The van der Waals surface area contributed by atoms with Gasteiger partial charge in [0.15, 0.2) is 5.96 Å². The SMILES string of the molecule is CN=C(NCCCc1ccccc1)NCc1cc(C)cc(OC)c1.I. The number of rotatable bonds is 7. The first-order chi connectivity index (χ1) is 11.7. The first-order valence-corrected chi connectivity index (χ1v) is 8.34. The molecule has 25 heavy (non-hydrogen) atoms. The molecule has 0 unspecified atom stereocenters. The van der Waals surface area contributed by atoms with Crippen molar-refractivity contribution < 1.29 is 4.74 Å². The van der Waals surface area contributed by atoms with Gasteiger partial charge in [0.2, 0.25) is 0 Å². The fraction of sp³-hybridized carbons (Fsp3) is 0.350. The molecule has 0 saturated carbocycles. The van der Waals surface area contributed by atoms with Crippen molar-refractivity contribution in [1.82, 2.24) is 10.6 Å². The maximum absolute atomic E-state index is 5.32. The number of hydrogen-bond donors (Lipinski definition) is 2. The summed E-state index contributed by atoms with van der Waals surface area (Å²) in [4.78, 5) is 4.28. The number of hydrogen-bond acceptors (Lipinski definition) is 2. The lowest BCUT2D eigenvalue weighted by molar-refractivity contribution is 0.414. The molecule has 0 heterocycles. The molecule has 0 aliphatic rings. The Labute approximate surface area is 168 Å². The molecule has 0 saturated heterocycles. The molecule has 2 rings (SSSR count). The van der Waals surface area contributed by atoms with Crippen LogP contribution in [0.1, 0.15) is 23.1 Å². The molecule has 0 fully saturated rings. The molecule has 136 valence electrons. The van der Waals surface area contributed by atoms with Crippen molar-refractivity contribution in [2.24, 2.45) is 4.99 Å².